The number of aliphatic hydroxyl groups is 1. The number of benzene rings is 2. The van der Waals surface area contributed by atoms with Gasteiger partial charge >= 0.3 is 0 Å². The van der Waals surface area contributed by atoms with Crippen LogP contribution < -0.4 is 4.74 Å². The SMILES string of the molecule is COc1ccccc1CC(O)c1cc(Br)ccc1Br. The molecular formula is C15H14Br2O2. The molecule has 0 heterocycles. The van der Waals surface area contributed by atoms with Crippen molar-refractivity contribution in [1.29, 1.82) is 0 Å². The summed E-state index contributed by atoms with van der Waals surface area (Å²) in [5, 5.41) is 10.4. The number of ether oxygens (including phenoxy) is 1. The standard InChI is InChI=1S/C15H14Br2O2/c1-19-15-5-3-2-4-10(15)8-14(18)12-9-11(16)6-7-13(12)17/h2-7,9,14,18H,8H2,1H3. The third-order valence-corrected chi connectivity index (χ3v) is 4.14. The Morgan fingerprint density at radius 2 is 1.89 bits per heavy atom. The summed E-state index contributed by atoms with van der Waals surface area (Å²) in [6.07, 6.45) is -0.0674. The monoisotopic (exact) mass is 384 g/mol. The van der Waals surface area contributed by atoms with Crippen molar-refractivity contribution in [2.75, 3.05) is 7.11 Å². The average molecular weight is 386 g/mol. The quantitative estimate of drug-likeness (QED) is 0.839. The Balaban J connectivity index is 2.25. The van der Waals surface area contributed by atoms with E-state index in [4.69, 9.17) is 4.74 Å². The number of rotatable bonds is 4. The lowest BCUT2D eigenvalue weighted by Crippen LogP contribution is -2.04. The molecule has 0 radical (unpaired) electrons. The number of hydrogen-bond donors (Lipinski definition) is 1. The fourth-order valence-electron chi connectivity index (χ4n) is 1.96. The second kappa shape index (κ2) is 6.55. The maximum atomic E-state index is 10.4. The highest BCUT2D eigenvalue weighted by molar-refractivity contribution is 9.11. The molecule has 0 saturated heterocycles. The van der Waals surface area contributed by atoms with Crippen LogP contribution in [0.15, 0.2) is 51.4 Å². The molecule has 0 aliphatic carbocycles. The van der Waals surface area contributed by atoms with Crippen molar-refractivity contribution in [2.45, 2.75) is 12.5 Å². The molecule has 0 fully saturated rings. The maximum Gasteiger partial charge on any atom is 0.122 e. The lowest BCUT2D eigenvalue weighted by atomic mass is 10.0. The van der Waals surface area contributed by atoms with Crippen LogP contribution in [0.25, 0.3) is 0 Å². The van der Waals surface area contributed by atoms with Gasteiger partial charge in [-0.25, -0.2) is 0 Å². The van der Waals surface area contributed by atoms with Crippen LogP contribution in [0.5, 0.6) is 5.75 Å². The van der Waals surface area contributed by atoms with E-state index in [1.54, 1.807) is 7.11 Å². The molecule has 2 aromatic rings. The zero-order valence-electron chi connectivity index (χ0n) is 10.4. The minimum atomic E-state index is -0.580. The van der Waals surface area contributed by atoms with E-state index in [0.717, 1.165) is 25.8 Å². The van der Waals surface area contributed by atoms with Crippen molar-refractivity contribution >= 4 is 31.9 Å². The molecule has 0 aliphatic heterocycles. The molecule has 0 amide bonds. The first-order chi connectivity index (χ1) is 9.11. The van der Waals surface area contributed by atoms with E-state index >= 15 is 0 Å². The highest BCUT2D eigenvalue weighted by Gasteiger charge is 2.14. The van der Waals surface area contributed by atoms with E-state index in [9.17, 15) is 5.11 Å². The van der Waals surface area contributed by atoms with Gasteiger partial charge in [0, 0.05) is 15.4 Å². The van der Waals surface area contributed by atoms with Gasteiger partial charge in [-0.15, -0.1) is 0 Å². The van der Waals surface area contributed by atoms with Gasteiger partial charge in [0.05, 0.1) is 13.2 Å². The van der Waals surface area contributed by atoms with Gasteiger partial charge in [0.2, 0.25) is 0 Å². The van der Waals surface area contributed by atoms with E-state index in [1.807, 2.05) is 42.5 Å². The largest absolute Gasteiger partial charge is 0.496 e. The molecule has 2 aromatic carbocycles. The molecular weight excluding hydrogens is 372 g/mol. The van der Waals surface area contributed by atoms with Crippen LogP contribution in [0.4, 0.5) is 0 Å². The van der Waals surface area contributed by atoms with Gasteiger partial charge in [-0.2, -0.15) is 0 Å². The fraction of sp³-hybridized carbons (Fsp3) is 0.200. The first kappa shape index (κ1) is 14.6. The molecule has 4 heteroatoms. The Kier molecular flexibility index (Phi) is 5.02. The second-order valence-corrected chi connectivity index (χ2v) is 5.97. The second-order valence-electron chi connectivity index (χ2n) is 4.20. The third-order valence-electron chi connectivity index (χ3n) is 2.92. The molecule has 2 nitrogen and oxygen atoms in total. The zero-order chi connectivity index (χ0) is 13.8. The van der Waals surface area contributed by atoms with E-state index < -0.39 is 6.10 Å². The predicted molar refractivity (Wildman–Crippen MR) is 83.5 cm³/mol. The highest BCUT2D eigenvalue weighted by Crippen LogP contribution is 2.31. The first-order valence-electron chi connectivity index (χ1n) is 5.86. The van der Waals surface area contributed by atoms with Crippen LogP contribution in [0.1, 0.15) is 17.2 Å². The summed E-state index contributed by atoms with van der Waals surface area (Å²) in [6.45, 7) is 0. The maximum absolute atomic E-state index is 10.4. The number of aliphatic hydroxyl groups excluding tert-OH is 1. The number of halogens is 2. The number of para-hydroxylation sites is 1. The van der Waals surface area contributed by atoms with E-state index in [1.165, 1.54) is 0 Å². The summed E-state index contributed by atoms with van der Waals surface area (Å²) in [5.41, 5.74) is 1.85. The normalized spacial score (nSPS) is 12.2. The summed E-state index contributed by atoms with van der Waals surface area (Å²) in [7, 11) is 1.64. The Morgan fingerprint density at radius 3 is 2.63 bits per heavy atom. The molecule has 2 rings (SSSR count). The average Bonchev–Trinajstić information content (AvgIpc) is 2.42. The molecule has 0 aromatic heterocycles. The van der Waals surface area contributed by atoms with Crippen molar-refractivity contribution in [3.63, 3.8) is 0 Å². The van der Waals surface area contributed by atoms with Gasteiger partial charge in [-0.3, -0.25) is 0 Å². The van der Waals surface area contributed by atoms with Gasteiger partial charge in [0.25, 0.3) is 0 Å². The minimum Gasteiger partial charge on any atom is -0.496 e. The van der Waals surface area contributed by atoms with Crippen LogP contribution in [-0.2, 0) is 6.42 Å². The third kappa shape index (κ3) is 3.59. The number of methoxy groups -OCH3 is 1. The molecule has 100 valence electrons. The molecule has 1 unspecified atom stereocenters. The van der Waals surface area contributed by atoms with Crippen LogP contribution >= 0.6 is 31.9 Å². The summed E-state index contributed by atoms with van der Waals surface area (Å²) in [5.74, 6) is 0.799. The predicted octanol–water partition coefficient (Wildman–Crippen LogP) is 4.50. The zero-order valence-corrected chi connectivity index (χ0v) is 13.6. The Labute approximate surface area is 129 Å². The highest BCUT2D eigenvalue weighted by atomic mass is 79.9. The Hall–Kier alpha value is -0.840. The number of hydrogen-bond acceptors (Lipinski definition) is 2. The van der Waals surface area contributed by atoms with Gasteiger partial charge < -0.3 is 9.84 Å². The van der Waals surface area contributed by atoms with Crippen molar-refractivity contribution < 1.29 is 9.84 Å². The summed E-state index contributed by atoms with van der Waals surface area (Å²) in [4.78, 5) is 0. The van der Waals surface area contributed by atoms with Crippen LogP contribution in [0.2, 0.25) is 0 Å². The molecule has 0 saturated carbocycles. The summed E-state index contributed by atoms with van der Waals surface area (Å²) >= 11 is 6.89. The first-order valence-corrected chi connectivity index (χ1v) is 7.45. The molecule has 19 heavy (non-hydrogen) atoms. The van der Waals surface area contributed by atoms with Crippen LogP contribution in [0.3, 0.4) is 0 Å². The molecule has 0 aliphatic rings. The molecule has 1 N–H and O–H groups in total. The fourth-order valence-corrected chi connectivity index (χ4v) is 2.85. The Morgan fingerprint density at radius 1 is 1.16 bits per heavy atom. The lowest BCUT2D eigenvalue weighted by Gasteiger charge is -2.15. The Bertz CT molecular complexity index is 570. The van der Waals surface area contributed by atoms with Crippen LogP contribution in [0, 0.1) is 0 Å². The van der Waals surface area contributed by atoms with Crippen molar-refractivity contribution in [1.82, 2.24) is 0 Å². The summed E-state index contributed by atoms with van der Waals surface area (Å²) < 4.78 is 7.15. The van der Waals surface area contributed by atoms with E-state index in [2.05, 4.69) is 31.9 Å². The van der Waals surface area contributed by atoms with Gasteiger partial charge in [-0.1, -0.05) is 50.1 Å². The molecule has 0 bridgehead atoms. The van der Waals surface area contributed by atoms with Crippen molar-refractivity contribution in [2.24, 2.45) is 0 Å². The van der Waals surface area contributed by atoms with Gasteiger partial charge in [-0.05, 0) is 35.4 Å². The van der Waals surface area contributed by atoms with Crippen LogP contribution in [-0.4, -0.2) is 12.2 Å². The van der Waals surface area contributed by atoms with E-state index in [0.29, 0.717) is 6.42 Å². The lowest BCUT2D eigenvalue weighted by molar-refractivity contribution is 0.176. The summed E-state index contributed by atoms with van der Waals surface area (Å²) in [6, 6.07) is 13.5. The minimum absolute atomic E-state index is 0.513. The van der Waals surface area contributed by atoms with Gasteiger partial charge in [0.15, 0.2) is 0 Å². The topological polar surface area (TPSA) is 29.5 Å². The molecule has 0 spiro atoms. The van der Waals surface area contributed by atoms with E-state index in [-0.39, 0.29) is 0 Å². The van der Waals surface area contributed by atoms with Gasteiger partial charge in [0.1, 0.15) is 5.75 Å². The van der Waals surface area contributed by atoms with Crippen molar-refractivity contribution in [3.8, 4) is 5.75 Å². The molecule has 1 atom stereocenters. The van der Waals surface area contributed by atoms with Crippen molar-refractivity contribution in [3.05, 3.63) is 62.5 Å². The smallest absolute Gasteiger partial charge is 0.122 e.